The predicted molar refractivity (Wildman–Crippen MR) is 172 cm³/mol. The number of benzene rings is 3. The lowest BCUT2D eigenvalue weighted by Gasteiger charge is -2.18. The summed E-state index contributed by atoms with van der Waals surface area (Å²) in [4.78, 5) is 31.1. The molecule has 1 aliphatic rings. The van der Waals surface area contributed by atoms with Crippen LogP contribution in [-0.4, -0.2) is 48.8 Å². The molecule has 2 amide bonds. The minimum Gasteiger partial charge on any atom is -0.491 e. The van der Waals surface area contributed by atoms with Gasteiger partial charge < -0.3 is 24.8 Å². The second kappa shape index (κ2) is 15.1. The summed E-state index contributed by atoms with van der Waals surface area (Å²) in [6, 6.07) is 26.2. The van der Waals surface area contributed by atoms with E-state index in [0.717, 1.165) is 54.0 Å². The zero-order valence-corrected chi connectivity index (χ0v) is 24.8. The SMILES string of the molecule is CCCCOCCOc1ccc(-c2ccc3c(c2)C=C(C(=O)Nc2ccc(C(O)c4ccccn4)cc2)CCN3C=O)cc1. The highest BCUT2D eigenvalue weighted by Gasteiger charge is 2.20. The molecule has 0 aliphatic carbocycles. The van der Waals surface area contributed by atoms with E-state index in [4.69, 9.17) is 9.47 Å². The van der Waals surface area contributed by atoms with Crippen molar-refractivity contribution in [3.8, 4) is 16.9 Å². The standard InChI is InChI=1S/C36H37N3O5/c1-2-3-20-43-21-22-44-32-14-9-26(10-15-32)28-11-16-34-30(23-28)24-29(17-19-39(34)25-40)36(42)38-31-12-7-27(8-13-31)35(41)33-6-4-5-18-37-33/h4-16,18,23-25,35,41H,2-3,17,19-22H2,1H3,(H,38,42). The quantitative estimate of drug-likeness (QED) is 0.138. The third-order valence-electron chi connectivity index (χ3n) is 7.49. The first kappa shape index (κ1) is 30.7. The van der Waals surface area contributed by atoms with Gasteiger partial charge in [-0.25, -0.2) is 0 Å². The Morgan fingerprint density at radius 1 is 1.00 bits per heavy atom. The second-order valence-corrected chi connectivity index (χ2v) is 10.6. The molecule has 0 radical (unpaired) electrons. The highest BCUT2D eigenvalue weighted by molar-refractivity contribution is 6.08. The van der Waals surface area contributed by atoms with Gasteiger partial charge in [0.25, 0.3) is 5.91 Å². The van der Waals surface area contributed by atoms with Crippen LogP contribution in [0.25, 0.3) is 17.2 Å². The molecule has 4 aromatic rings. The molecule has 1 atom stereocenters. The fraction of sp³-hybridized carbons (Fsp3) is 0.250. The second-order valence-electron chi connectivity index (χ2n) is 10.6. The molecular formula is C36H37N3O5. The van der Waals surface area contributed by atoms with Crippen LogP contribution in [0.2, 0.25) is 0 Å². The Labute approximate surface area is 258 Å². The lowest BCUT2D eigenvalue weighted by molar-refractivity contribution is -0.113. The van der Waals surface area contributed by atoms with E-state index in [1.807, 2.05) is 54.6 Å². The lowest BCUT2D eigenvalue weighted by atomic mass is 10.00. The van der Waals surface area contributed by atoms with Gasteiger partial charge in [-0.1, -0.05) is 49.7 Å². The number of aromatic nitrogens is 1. The van der Waals surface area contributed by atoms with Gasteiger partial charge in [0.15, 0.2) is 0 Å². The number of aliphatic hydroxyl groups is 1. The van der Waals surface area contributed by atoms with E-state index in [1.165, 1.54) is 0 Å². The molecule has 8 nitrogen and oxygen atoms in total. The van der Waals surface area contributed by atoms with Gasteiger partial charge in [0.05, 0.1) is 18.0 Å². The number of fused-ring (bicyclic) bond motifs is 1. The number of nitrogens with one attached hydrogen (secondary N) is 1. The molecule has 44 heavy (non-hydrogen) atoms. The molecule has 0 saturated heterocycles. The number of nitrogens with zero attached hydrogens (tertiary/aromatic N) is 2. The summed E-state index contributed by atoms with van der Waals surface area (Å²) in [5.41, 5.74) is 5.90. The van der Waals surface area contributed by atoms with Crippen LogP contribution in [0.3, 0.4) is 0 Å². The summed E-state index contributed by atoms with van der Waals surface area (Å²) in [5, 5.41) is 13.6. The van der Waals surface area contributed by atoms with Crippen LogP contribution in [0.15, 0.2) is 96.7 Å². The Morgan fingerprint density at radius 3 is 2.52 bits per heavy atom. The number of unbranched alkanes of at least 4 members (excludes halogenated alkanes) is 1. The van der Waals surface area contributed by atoms with E-state index in [0.29, 0.717) is 48.7 Å². The molecule has 2 N–H and O–H groups in total. The van der Waals surface area contributed by atoms with Crippen molar-refractivity contribution in [1.29, 1.82) is 0 Å². The zero-order chi connectivity index (χ0) is 30.7. The van der Waals surface area contributed by atoms with Gasteiger partial charge in [-0.3, -0.25) is 14.6 Å². The fourth-order valence-electron chi connectivity index (χ4n) is 5.00. The third-order valence-corrected chi connectivity index (χ3v) is 7.49. The van der Waals surface area contributed by atoms with E-state index >= 15 is 0 Å². The Morgan fingerprint density at radius 2 is 1.80 bits per heavy atom. The van der Waals surface area contributed by atoms with Crippen molar-refractivity contribution in [1.82, 2.24) is 4.98 Å². The Hall–Kier alpha value is -4.79. The van der Waals surface area contributed by atoms with Crippen molar-refractivity contribution >= 4 is 29.8 Å². The minimum absolute atomic E-state index is 0.243. The highest BCUT2D eigenvalue weighted by atomic mass is 16.5. The monoisotopic (exact) mass is 591 g/mol. The number of carbonyl (C=O) groups is 2. The van der Waals surface area contributed by atoms with Crippen molar-refractivity contribution in [2.75, 3.05) is 36.6 Å². The molecule has 0 spiro atoms. The molecule has 1 aromatic heterocycles. The summed E-state index contributed by atoms with van der Waals surface area (Å²) in [5.74, 6) is 0.528. The Balaban J connectivity index is 1.28. The van der Waals surface area contributed by atoms with Crippen LogP contribution in [0.5, 0.6) is 5.75 Å². The highest BCUT2D eigenvalue weighted by Crippen LogP contribution is 2.33. The molecule has 1 unspecified atom stereocenters. The minimum atomic E-state index is -0.857. The molecule has 3 aromatic carbocycles. The molecule has 1 aliphatic heterocycles. The number of hydrogen-bond acceptors (Lipinski definition) is 6. The van der Waals surface area contributed by atoms with Gasteiger partial charge in [0.1, 0.15) is 18.5 Å². The number of anilines is 2. The normalized spacial score (nSPS) is 13.3. The average molecular weight is 592 g/mol. The Bertz CT molecular complexity index is 1570. The van der Waals surface area contributed by atoms with Crippen molar-refractivity contribution in [3.05, 3.63) is 114 Å². The number of hydrogen-bond donors (Lipinski definition) is 2. The number of ether oxygens (including phenoxy) is 2. The molecule has 0 bridgehead atoms. The van der Waals surface area contributed by atoms with E-state index < -0.39 is 6.10 Å². The summed E-state index contributed by atoms with van der Waals surface area (Å²) in [6.07, 6.45) is 6.00. The summed E-state index contributed by atoms with van der Waals surface area (Å²) in [7, 11) is 0. The third kappa shape index (κ3) is 7.78. The maximum atomic E-state index is 13.3. The topological polar surface area (TPSA) is 101 Å². The van der Waals surface area contributed by atoms with E-state index in [1.54, 1.807) is 47.5 Å². The van der Waals surface area contributed by atoms with Crippen LogP contribution in [0.1, 0.15) is 49.1 Å². The van der Waals surface area contributed by atoms with Gasteiger partial charge in [0, 0.05) is 30.6 Å². The number of rotatable bonds is 13. The Kier molecular flexibility index (Phi) is 10.5. The number of pyridine rings is 1. The van der Waals surface area contributed by atoms with Crippen LogP contribution in [0.4, 0.5) is 11.4 Å². The van der Waals surface area contributed by atoms with E-state index in [-0.39, 0.29) is 5.91 Å². The van der Waals surface area contributed by atoms with Crippen molar-refractivity contribution in [3.63, 3.8) is 0 Å². The predicted octanol–water partition coefficient (Wildman–Crippen LogP) is 6.41. The first-order valence-electron chi connectivity index (χ1n) is 14.9. The summed E-state index contributed by atoms with van der Waals surface area (Å²) >= 11 is 0. The van der Waals surface area contributed by atoms with Gasteiger partial charge in [-0.15, -0.1) is 0 Å². The smallest absolute Gasteiger partial charge is 0.251 e. The first-order valence-corrected chi connectivity index (χ1v) is 14.9. The molecule has 0 fully saturated rings. The maximum Gasteiger partial charge on any atom is 0.251 e. The van der Waals surface area contributed by atoms with Crippen molar-refractivity contribution < 1.29 is 24.2 Å². The lowest BCUT2D eigenvalue weighted by Crippen LogP contribution is -2.23. The summed E-state index contributed by atoms with van der Waals surface area (Å²) < 4.78 is 11.4. The number of carbonyl (C=O) groups excluding carboxylic acids is 2. The summed E-state index contributed by atoms with van der Waals surface area (Å²) in [6.45, 7) is 4.33. The molecule has 0 saturated carbocycles. The largest absolute Gasteiger partial charge is 0.491 e. The number of amides is 2. The molecule has 8 heteroatoms. The fourth-order valence-corrected chi connectivity index (χ4v) is 5.00. The molecule has 2 heterocycles. The van der Waals surface area contributed by atoms with Crippen molar-refractivity contribution in [2.24, 2.45) is 0 Å². The van der Waals surface area contributed by atoms with Crippen LogP contribution in [-0.2, 0) is 14.3 Å². The van der Waals surface area contributed by atoms with Crippen LogP contribution < -0.4 is 15.0 Å². The van der Waals surface area contributed by atoms with Crippen LogP contribution >= 0.6 is 0 Å². The van der Waals surface area contributed by atoms with E-state index in [9.17, 15) is 14.7 Å². The van der Waals surface area contributed by atoms with Crippen molar-refractivity contribution in [2.45, 2.75) is 32.3 Å². The van der Waals surface area contributed by atoms with Gasteiger partial charge in [-0.2, -0.15) is 0 Å². The molecule has 226 valence electrons. The molecule has 5 rings (SSSR count). The average Bonchev–Trinajstić information content (AvgIpc) is 3.26. The van der Waals surface area contributed by atoms with Gasteiger partial charge in [-0.05, 0) is 89.7 Å². The first-order chi connectivity index (χ1) is 21.6. The maximum absolute atomic E-state index is 13.3. The van der Waals surface area contributed by atoms with E-state index in [2.05, 4.69) is 17.2 Å². The van der Waals surface area contributed by atoms with Crippen LogP contribution in [0, 0.1) is 0 Å². The van der Waals surface area contributed by atoms with Gasteiger partial charge >= 0.3 is 0 Å². The number of aliphatic hydroxyl groups excluding tert-OH is 1. The van der Waals surface area contributed by atoms with Gasteiger partial charge in [0.2, 0.25) is 6.41 Å². The molecular weight excluding hydrogens is 554 g/mol. The zero-order valence-electron chi connectivity index (χ0n) is 24.8.